The fourth-order valence-corrected chi connectivity index (χ4v) is 1.17. The molecule has 0 aliphatic carbocycles. The summed E-state index contributed by atoms with van der Waals surface area (Å²) < 4.78 is 5.52. The maximum absolute atomic E-state index is 5.65. The number of nitrogens with one attached hydrogen (secondary N) is 1. The van der Waals surface area contributed by atoms with Crippen molar-refractivity contribution in [1.82, 2.24) is 9.97 Å². The van der Waals surface area contributed by atoms with Gasteiger partial charge in [-0.25, -0.2) is 4.98 Å². The minimum atomic E-state index is 0.0681. The first kappa shape index (κ1) is 12.7. The van der Waals surface area contributed by atoms with E-state index in [2.05, 4.69) is 15.3 Å². The second kappa shape index (κ2) is 5.65. The van der Waals surface area contributed by atoms with E-state index < -0.39 is 0 Å². The molecule has 1 heterocycles. The molecular weight excluding hydrogens is 204 g/mol. The minimum absolute atomic E-state index is 0.0681. The summed E-state index contributed by atoms with van der Waals surface area (Å²) >= 11 is 0. The molecule has 3 N–H and O–H groups in total. The summed E-state index contributed by atoms with van der Waals surface area (Å²) in [7, 11) is 0. The van der Waals surface area contributed by atoms with Crippen LogP contribution in [0, 0.1) is 6.92 Å². The lowest BCUT2D eigenvalue weighted by molar-refractivity contribution is 0.232. The molecule has 16 heavy (non-hydrogen) atoms. The standard InChI is InChI=1S/C11H20N4O/c1-7(2)16-10-5-9(4)14-11(15-10)13-6-8(3)12/h5,7-8H,6,12H2,1-4H3,(H,13,14,15). The van der Waals surface area contributed by atoms with Crippen LogP contribution in [0.3, 0.4) is 0 Å². The molecule has 0 aliphatic rings. The lowest BCUT2D eigenvalue weighted by atomic mass is 10.4. The Labute approximate surface area is 96.4 Å². The monoisotopic (exact) mass is 224 g/mol. The van der Waals surface area contributed by atoms with E-state index in [0.717, 1.165) is 5.69 Å². The number of nitrogens with two attached hydrogens (primary N) is 1. The number of nitrogens with zero attached hydrogens (tertiary/aromatic N) is 2. The highest BCUT2D eigenvalue weighted by Gasteiger charge is 2.05. The quantitative estimate of drug-likeness (QED) is 0.789. The van der Waals surface area contributed by atoms with Crippen LogP contribution in [0.25, 0.3) is 0 Å². The Bertz CT molecular complexity index is 339. The van der Waals surface area contributed by atoms with Gasteiger partial charge in [0.25, 0.3) is 0 Å². The normalized spacial score (nSPS) is 12.6. The first-order chi connectivity index (χ1) is 7.47. The van der Waals surface area contributed by atoms with Gasteiger partial charge in [-0.15, -0.1) is 0 Å². The Morgan fingerprint density at radius 3 is 2.62 bits per heavy atom. The van der Waals surface area contributed by atoms with Crippen LogP contribution in [0.1, 0.15) is 26.5 Å². The van der Waals surface area contributed by atoms with Gasteiger partial charge in [-0.2, -0.15) is 4.98 Å². The number of hydrogen-bond acceptors (Lipinski definition) is 5. The number of hydrogen-bond donors (Lipinski definition) is 2. The molecule has 90 valence electrons. The molecule has 0 fully saturated rings. The van der Waals surface area contributed by atoms with E-state index in [9.17, 15) is 0 Å². The second-order valence-corrected chi connectivity index (χ2v) is 4.20. The van der Waals surface area contributed by atoms with Crippen molar-refractivity contribution in [1.29, 1.82) is 0 Å². The number of aromatic nitrogens is 2. The highest BCUT2D eigenvalue weighted by Crippen LogP contribution is 2.13. The van der Waals surface area contributed by atoms with Crippen molar-refractivity contribution >= 4 is 5.95 Å². The molecule has 0 bridgehead atoms. The Morgan fingerprint density at radius 2 is 2.06 bits per heavy atom. The van der Waals surface area contributed by atoms with Crippen molar-refractivity contribution in [2.45, 2.75) is 39.8 Å². The van der Waals surface area contributed by atoms with Crippen molar-refractivity contribution < 1.29 is 4.74 Å². The fraction of sp³-hybridized carbons (Fsp3) is 0.636. The van der Waals surface area contributed by atoms with Crippen LogP contribution < -0.4 is 15.8 Å². The molecule has 0 radical (unpaired) electrons. The number of rotatable bonds is 5. The Hall–Kier alpha value is -1.36. The average Bonchev–Trinajstić information content (AvgIpc) is 2.12. The van der Waals surface area contributed by atoms with Gasteiger partial charge in [0.05, 0.1) is 6.10 Å². The van der Waals surface area contributed by atoms with Gasteiger partial charge in [0.15, 0.2) is 0 Å². The molecule has 0 aliphatic heterocycles. The highest BCUT2D eigenvalue weighted by molar-refractivity contribution is 5.30. The highest BCUT2D eigenvalue weighted by atomic mass is 16.5. The zero-order chi connectivity index (χ0) is 12.1. The van der Waals surface area contributed by atoms with E-state index in [1.807, 2.05) is 33.8 Å². The van der Waals surface area contributed by atoms with Gasteiger partial charge in [-0.1, -0.05) is 0 Å². The third-order valence-corrected chi connectivity index (χ3v) is 1.77. The molecule has 0 amide bonds. The van der Waals surface area contributed by atoms with Gasteiger partial charge in [-0.3, -0.25) is 0 Å². The molecule has 0 aromatic carbocycles. The lowest BCUT2D eigenvalue weighted by Gasteiger charge is -2.12. The number of ether oxygens (including phenoxy) is 1. The van der Waals surface area contributed by atoms with Crippen molar-refractivity contribution in [2.24, 2.45) is 5.73 Å². The van der Waals surface area contributed by atoms with E-state index in [0.29, 0.717) is 18.4 Å². The van der Waals surface area contributed by atoms with Crippen LogP contribution in [0.5, 0.6) is 5.88 Å². The van der Waals surface area contributed by atoms with Gasteiger partial charge >= 0.3 is 0 Å². The molecule has 1 aromatic rings. The first-order valence-corrected chi connectivity index (χ1v) is 5.49. The van der Waals surface area contributed by atoms with Crippen LogP contribution in [-0.4, -0.2) is 28.7 Å². The SMILES string of the molecule is Cc1cc(OC(C)C)nc(NCC(C)N)n1. The molecular formula is C11H20N4O. The minimum Gasteiger partial charge on any atom is -0.475 e. The largest absolute Gasteiger partial charge is 0.475 e. The Morgan fingerprint density at radius 1 is 1.38 bits per heavy atom. The Kier molecular flexibility index (Phi) is 4.49. The summed E-state index contributed by atoms with van der Waals surface area (Å²) in [5.74, 6) is 1.16. The summed E-state index contributed by atoms with van der Waals surface area (Å²) in [5.41, 5.74) is 6.52. The zero-order valence-electron chi connectivity index (χ0n) is 10.3. The lowest BCUT2D eigenvalue weighted by Crippen LogP contribution is -2.26. The maximum atomic E-state index is 5.65. The van der Waals surface area contributed by atoms with Crippen molar-refractivity contribution in [3.63, 3.8) is 0 Å². The van der Waals surface area contributed by atoms with Gasteiger partial charge in [0.1, 0.15) is 0 Å². The predicted molar refractivity (Wildman–Crippen MR) is 64.7 cm³/mol. The van der Waals surface area contributed by atoms with Gasteiger partial charge in [0.2, 0.25) is 11.8 Å². The van der Waals surface area contributed by atoms with E-state index >= 15 is 0 Å². The molecule has 1 rings (SSSR count). The van der Waals surface area contributed by atoms with Crippen molar-refractivity contribution in [3.05, 3.63) is 11.8 Å². The first-order valence-electron chi connectivity index (χ1n) is 5.49. The van der Waals surface area contributed by atoms with Crippen molar-refractivity contribution in [3.8, 4) is 5.88 Å². The molecule has 0 saturated heterocycles. The summed E-state index contributed by atoms with van der Waals surface area (Å²) in [4.78, 5) is 8.50. The molecule has 0 spiro atoms. The second-order valence-electron chi connectivity index (χ2n) is 4.20. The molecule has 1 unspecified atom stereocenters. The predicted octanol–water partition coefficient (Wildman–Crippen LogP) is 1.33. The van der Waals surface area contributed by atoms with Crippen LogP contribution in [0.2, 0.25) is 0 Å². The van der Waals surface area contributed by atoms with Crippen LogP contribution in [0.15, 0.2) is 6.07 Å². The summed E-state index contributed by atoms with van der Waals surface area (Å²) in [6.07, 6.45) is 0.107. The van der Waals surface area contributed by atoms with Crippen LogP contribution >= 0.6 is 0 Å². The van der Waals surface area contributed by atoms with E-state index in [4.69, 9.17) is 10.5 Å². The topological polar surface area (TPSA) is 73.1 Å². The van der Waals surface area contributed by atoms with Gasteiger partial charge in [-0.05, 0) is 27.7 Å². The van der Waals surface area contributed by atoms with Crippen LogP contribution in [0.4, 0.5) is 5.95 Å². The maximum Gasteiger partial charge on any atom is 0.226 e. The van der Waals surface area contributed by atoms with Crippen molar-refractivity contribution in [2.75, 3.05) is 11.9 Å². The number of anilines is 1. The smallest absolute Gasteiger partial charge is 0.226 e. The van der Waals surface area contributed by atoms with Gasteiger partial charge < -0.3 is 15.8 Å². The summed E-state index contributed by atoms with van der Waals surface area (Å²) in [5, 5.41) is 3.07. The number of aryl methyl sites for hydroxylation is 1. The average molecular weight is 224 g/mol. The third kappa shape index (κ3) is 4.44. The molecule has 1 aromatic heterocycles. The molecule has 0 saturated carbocycles. The summed E-state index contributed by atoms with van der Waals surface area (Å²) in [6.45, 7) is 8.41. The van der Waals surface area contributed by atoms with Crippen LogP contribution in [-0.2, 0) is 0 Å². The fourth-order valence-electron chi connectivity index (χ4n) is 1.17. The van der Waals surface area contributed by atoms with E-state index in [1.54, 1.807) is 0 Å². The summed E-state index contributed by atoms with van der Waals surface area (Å²) in [6, 6.07) is 1.88. The van der Waals surface area contributed by atoms with E-state index in [-0.39, 0.29) is 12.1 Å². The third-order valence-electron chi connectivity index (χ3n) is 1.77. The molecule has 1 atom stereocenters. The Balaban J connectivity index is 2.73. The molecule has 5 nitrogen and oxygen atoms in total. The van der Waals surface area contributed by atoms with E-state index in [1.165, 1.54) is 0 Å². The molecule has 5 heteroatoms. The van der Waals surface area contributed by atoms with Gasteiger partial charge in [0, 0.05) is 24.3 Å². The zero-order valence-corrected chi connectivity index (χ0v) is 10.3.